The molecule has 166 valence electrons. The van der Waals surface area contributed by atoms with E-state index in [4.69, 9.17) is 4.74 Å². The summed E-state index contributed by atoms with van der Waals surface area (Å²) in [6.45, 7) is 4.11. The number of rotatable bonds is 6. The van der Waals surface area contributed by atoms with Gasteiger partial charge in [0.25, 0.3) is 0 Å². The Morgan fingerprint density at radius 3 is 2.42 bits per heavy atom. The summed E-state index contributed by atoms with van der Waals surface area (Å²) in [6, 6.07) is 15.1. The minimum Gasteiger partial charge on any atom is -0.424 e. The first kappa shape index (κ1) is 20.9. The van der Waals surface area contributed by atoms with Crippen LogP contribution in [0.2, 0.25) is 0 Å². The summed E-state index contributed by atoms with van der Waals surface area (Å²) in [6.07, 6.45) is 6.16. The Hall–Kier alpha value is -3.98. The lowest BCUT2D eigenvalue weighted by atomic mass is 10.2. The van der Waals surface area contributed by atoms with Gasteiger partial charge in [-0.25, -0.2) is 19.7 Å². The summed E-state index contributed by atoms with van der Waals surface area (Å²) in [5, 5.41) is 6.59. The number of para-hydroxylation sites is 1. The van der Waals surface area contributed by atoms with E-state index in [1.165, 1.54) is 18.8 Å². The number of carbonyl (C=O) groups excluding carboxylic acids is 1. The minimum atomic E-state index is -0.363. The van der Waals surface area contributed by atoms with Gasteiger partial charge in [-0.3, -0.25) is 0 Å². The molecule has 1 saturated heterocycles. The molecule has 0 spiro atoms. The Kier molecular flexibility index (Phi) is 5.86. The van der Waals surface area contributed by atoms with Gasteiger partial charge in [-0.15, -0.1) is 0 Å². The van der Waals surface area contributed by atoms with Crippen LogP contribution in [0.1, 0.15) is 12.0 Å². The lowest BCUT2D eigenvalue weighted by molar-refractivity contribution is 0.262. The third kappa shape index (κ3) is 4.93. The minimum absolute atomic E-state index is 0.200. The maximum absolute atomic E-state index is 12.2. The highest BCUT2D eigenvalue weighted by atomic mass is 32.1. The van der Waals surface area contributed by atoms with Crippen molar-refractivity contribution < 1.29 is 9.53 Å². The fourth-order valence-electron chi connectivity index (χ4n) is 3.28. The average Bonchev–Trinajstić information content (AvgIpc) is 3.25. The monoisotopic (exact) mass is 458 g/mol. The number of thiazole rings is 1. The summed E-state index contributed by atoms with van der Waals surface area (Å²) < 4.78 is 5.74. The summed E-state index contributed by atoms with van der Waals surface area (Å²) >= 11 is 1.70. The normalized spacial score (nSPS) is 12.7. The van der Waals surface area contributed by atoms with Crippen LogP contribution in [0.25, 0.3) is 10.4 Å². The first-order valence-electron chi connectivity index (χ1n) is 10.6. The number of ether oxygens (including phenoxy) is 1. The standard InChI is InChI=1S/C24H22N6O2S/c1-16-5-2-3-6-20(16)29-22(31)28-18-13-25-23(26-14-18)32-19-9-7-17(8-10-19)21-15-27-24(33-21)30-11-4-12-30/h2-3,5-10,13-15H,4,11-12H2,1H3,(H2,28,29,31). The molecular weight excluding hydrogens is 436 g/mol. The molecule has 2 N–H and O–H groups in total. The molecule has 0 saturated carbocycles. The van der Waals surface area contributed by atoms with Gasteiger partial charge in [-0.05, 0) is 54.8 Å². The van der Waals surface area contributed by atoms with E-state index >= 15 is 0 Å². The van der Waals surface area contributed by atoms with E-state index in [1.54, 1.807) is 11.3 Å². The summed E-state index contributed by atoms with van der Waals surface area (Å²) in [5.41, 5.74) is 3.28. The maximum atomic E-state index is 12.2. The number of carbonyl (C=O) groups is 1. The third-order valence-electron chi connectivity index (χ3n) is 5.25. The number of nitrogens with zero attached hydrogens (tertiary/aromatic N) is 4. The maximum Gasteiger partial charge on any atom is 0.323 e. The van der Waals surface area contributed by atoms with E-state index in [1.807, 2.05) is 61.7 Å². The van der Waals surface area contributed by atoms with Crippen LogP contribution in [0.3, 0.4) is 0 Å². The number of amides is 2. The van der Waals surface area contributed by atoms with Crippen LogP contribution in [0.4, 0.5) is 21.3 Å². The van der Waals surface area contributed by atoms with Crippen LogP contribution in [0, 0.1) is 6.92 Å². The predicted molar refractivity (Wildman–Crippen MR) is 130 cm³/mol. The Balaban J connectivity index is 1.17. The Labute approximate surface area is 195 Å². The first-order chi connectivity index (χ1) is 16.1. The van der Waals surface area contributed by atoms with Crippen LogP contribution in [-0.2, 0) is 0 Å². The number of hydrogen-bond acceptors (Lipinski definition) is 7. The average molecular weight is 459 g/mol. The van der Waals surface area contributed by atoms with Crippen molar-refractivity contribution in [1.29, 1.82) is 0 Å². The predicted octanol–water partition coefficient (Wildman–Crippen LogP) is 5.55. The Morgan fingerprint density at radius 1 is 0.970 bits per heavy atom. The number of anilines is 3. The molecule has 2 aromatic carbocycles. The number of aromatic nitrogens is 3. The van der Waals surface area contributed by atoms with Gasteiger partial charge >= 0.3 is 12.0 Å². The Morgan fingerprint density at radius 2 is 1.73 bits per heavy atom. The van der Waals surface area contributed by atoms with E-state index in [2.05, 4.69) is 30.5 Å². The highest BCUT2D eigenvalue weighted by molar-refractivity contribution is 7.18. The number of hydrogen-bond donors (Lipinski definition) is 2. The van der Waals surface area contributed by atoms with Crippen molar-refractivity contribution in [3.63, 3.8) is 0 Å². The van der Waals surface area contributed by atoms with Crippen LogP contribution in [-0.4, -0.2) is 34.1 Å². The van der Waals surface area contributed by atoms with E-state index in [0.717, 1.165) is 39.9 Å². The summed E-state index contributed by atoms with van der Waals surface area (Å²) in [4.78, 5) is 28.5. The molecule has 0 aliphatic carbocycles. The summed E-state index contributed by atoms with van der Waals surface area (Å²) in [5.74, 6) is 0.629. The molecule has 33 heavy (non-hydrogen) atoms. The van der Waals surface area contributed by atoms with Crippen molar-refractivity contribution in [3.8, 4) is 22.2 Å². The second-order valence-corrected chi connectivity index (χ2v) is 8.63. The molecule has 1 fully saturated rings. The van der Waals surface area contributed by atoms with Gasteiger partial charge in [0.05, 0.1) is 23.0 Å². The third-order valence-corrected chi connectivity index (χ3v) is 6.35. The molecule has 8 nitrogen and oxygen atoms in total. The number of benzene rings is 2. The molecule has 4 aromatic rings. The smallest absolute Gasteiger partial charge is 0.323 e. The summed E-state index contributed by atoms with van der Waals surface area (Å²) in [7, 11) is 0. The lowest BCUT2D eigenvalue weighted by Crippen LogP contribution is -2.36. The molecule has 5 rings (SSSR count). The fraction of sp³-hybridized carbons (Fsp3) is 0.167. The molecule has 0 atom stereocenters. The highest BCUT2D eigenvalue weighted by Gasteiger charge is 2.18. The molecular formula is C24H22N6O2S. The van der Waals surface area contributed by atoms with Crippen molar-refractivity contribution in [2.75, 3.05) is 28.6 Å². The number of urea groups is 1. The zero-order valence-electron chi connectivity index (χ0n) is 18.0. The van der Waals surface area contributed by atoms with Crippen molar-refractivity contribution in [2.24, 2.45) is 0 Å². The first-order valence-corrected chi connectivity index (χ1v) is 11.4. The van der Waals surface area contributed by atoms with Gasteiger partial charge in [0.15, 0.2) is 5.13 Å². The number of aryl methyl sites for hydroxylation is 1. The largest absolute Gasteiger partial charge is 0.424 e. The SMILES string of the molecule is Cc1ccccc1NC(=O)Nc1cnc(Oc2ccc(-c3cnc(N4CCC4)s3)cc2)nc1. The topological polar surface area (TPSA) is 92.3 Å². The fourth-order valence-corrected chi connectivity index (χ4v) is 4.25. The molecule has 0 radical (unpaired) electrons. The second-order valence-electron chi connectivity index (χ2n) is 7.62. The molecule has 3 heterocycles. The molecule has 9 heteroatoms. The van der Waals surface area contributed by atoms with Crippen LogP contribution >= 0.6 is 11.3 Å². The number of nitrogens with one attached hydrogen (secondary N) is 2. The quantitative estimate of drug-likeness (QED) is 0.393. The van der Waals surface area contributed by atoms with Crippen LogP contribution in [0.5, 0.6) is 11.8 Å². The van der Waals surface area contributed by atoms with E-state index in [0.29, 0.717) is 11.4 Å². The van der Waals surface area contributed by atoms with Crippen LogP contribution < -0.4 is 20.3 Å². The molecule has 0 bridgehead atoms. The molecule has 2 amide bonds. The van der Waals surface area contributed by atoms with E-state index < -0.39 is 0 Å². The van der Waals surface area contributed by atoms with Crippen LogP contribution in [0.15, 0.2) is 67.1 Å². The van der Waals surface area contributed by atoms with Crippen molar-refractivity contribution in [2.45, 2.75) is 13.3 Å². The second kappa shape index (κ2) is 9.25. The Bertz CT molecular complexity index is 1250. The van der Waals surface area contributed by atoms with E-state index in [-0.39, 0.29) is 12.0 Å². The van der Waals surface area contributed by atoms with Crippen molar-refractivity contribution in [3.05, 3.63) is 72.7 Å². The molecule has 1 aliphatic rings. The zero-order valence-corrected chi connectivity index (χ0v) is 18.8. The van der Waals surface area contributed by atoms with Gasteiger partial charge < -0.3 is 20.3 Å². The van der Waals surface area contributed by atoms with Gasteiger partial charge in [-0.1, -0.05) is 29.5 Å². The van der Waals surface area contributed by atoms with Gasteiger partial charge in [0, 0.05) is 25.0 Å². The van der Waals surface area contributed by atoms with Gasteiger partial charge in [-0.2, -0.15) is 0 Å². The van der Waals surface area contributed by atoms with Crippen molar-refractivity contribution >= 4 is 33.9 Å². The molecule has 1 aliphatic heterocycles. The van der Waals surface area contributed by atoms with Gasteiger partial charge in [0.1, 0.15) is 5.75 Å². The van der Waals surface area contributed by atoms with E-state index in [9.17, 15) is 4.79 Å². The zero-order chi connectivity index (χ0) is 22.6. The van der Waals surface area contributed by atoms with Gasteiger partial charge in [0.2, 0.25) is 0 Å². The lowest BCUT2D eigenvalue weighted by Gasteiger charge is -2.30. The van der Waals surface area contributed by atoms with Crippen molar-refractivity contribution in [1.82, 2.24) is 15.0 Å². The highest BCUT2D eigenvalue weighted by Crippen LogP contribution is 2.34. The molecule has 0 unspecified atom stereocenters. The molecule has 2 aromatic heterocycles.